The molecule has 6 heteroatoms. The molecule has 0 saturated carbocycles. The summed E-state index contributed by atoms with van der Waals surface area (Å²) in [5, 5.41) is 21.9. The maximum Gasteiger partial charge on any atom is 0.292 e. The van der Waals surface area contributed by atoms with Crippen molar-refractivity contribution in [2.24, 2.45) is 0 Å². The van der Waals surface area contributed by atoms with Crippen molar-refractivity contribution in [3.8, 4) is 0 Å². The Morgan fingerprint density at radius 3 is 2.33 bits per heavy atom. The van der Waals surface area contributed by atoms with Crippen molar-refractivity contribution in [2.75, 3.05) is 18.5 Å². The van der Waals surface area contributed by atoms with Crippen molar-refractivity contribution in [1.82, 2.24) is 0 Å². The molecule has 0 fully saturated rings. The molecular formula is C12H21BrN2O3. The number of anilines is 1. The Balaban J connectivity index is 0. The number of nitrogens with zero attached hydrogens (tertiary/aromatic N) is 1. The van der Waals surface area contributed by atoms with Crippen LogP contribution in [0, 0.1) is 10.1 Å². The third kappa shape index (κ3) is 7.24. The van der Waals surface area contributed by atoms with Crippen LogP contribution < -0.4 is 5.32 Å². The molecule has 0 aromatic heterocycles. The Kier molecular flexibility index (Phi) is 13.1. The zero-order valence-corrected chi connectivity index (χ0v) is 12.8. The highest BCUT2D eigenvalue weighted by atomic mass is 79.9. The van der Waals surface area contributed by atoms with E-state index in [1.165, 1.54) is 6.07 Å². The SMILES string of the molecule is CC.CC.O=[N+]([O-])c1ccc(Br)cc1NCCO. The second-order valence-electron chi connectivity index (χ2n) is 2.57. The van der Waals surface area contributed by atoms with Crippen LogP contribution in [0.2, 0.25) is 0 Å². The Morgan fingerprint density at radius 2 is 1.89 bits per heavy atom. The number of aliphatic hydroxyl groups is 1. The number of nitro groups is 1. The van der Waals surface area contributed by atoms with Gasteiger partial charge in [0.1, 0.15) is 5.69 Å². The lowest BCUT2D eigenvalue weighted by molar-refractivity contribution is -0.384. The summed E-state index contributed by atoms with van der Waals surface area (Å²) in [5.41, 5.74) is 0.403. The predicted octanol–water partition coefficient (Wildman–Crippen LogP) is 3.81. The fourth-order valence-corrected chi connectivity index (χ4v) is 1.36. The maximum atomic E-state index is 10.6. The predicted molar refractivity (Wildman–Crippen MR) is 79.1 cm³/mol. The van der Waals surface area contributed by atoms with Gasteiger partial charge in [0.2, 0.25) is 0 Å². The maximum absolute atomic E-state index is 10.6. The lowest BCUT2D eigenvalue weighted by atomic mass is 10.2. The minimum Gasteiger partial charge on any atom is -0.395 e. The van der Waals surface area contributed by atoms with Gasteiger partial charge in [-0.25, -0.2) is 0 Å². The smallest absolute Gasteiger partial charge is 0.292 e. The van der Waals surface area contributed by atoms with Gasteiger partial charge in [-0.15, -0.1) is 0 Å². The molecule has 0 unspecified atom stereocenters. The van der Waals surface area contributed by atoms with Crippen molar-refractivity contribution in [3.63, 3.8) is 0 Å². The van der Waals surface area contributed by atoms with E-state index in [9.17, 15) is 10.1 Å². The third-order valence-electron chi connectivity index (χ3n) is 1.58. The second-order valence-corrected chi connectivity index (χ2v) is 3.48. The van der Waals surface area contributed by atoms with E-state index in [1.807, 2.05) is 27.7 Å². The Morgan fingerprint density at radius 1 is 1.33 bits per heavy atom. The van der Waals surface area contributed by atoms with Crippen LogP contribution in [-0.4, -0.2) is 23.2 Å². The number of hydrogen-bond donors (Lipinski definition) is 2. The fraction of sp³-hybridized carbons (Fsp3) is 0.500. The Hall–Kier alpha value is -1.14. The van der Waals surface area contributed by atoms with E-state index in [2.05, 4.69) is 21.2 Å². The molecule has 0 saturated heterocycles. The van der Waals surface area contributed by atoms with Crippen molar-refractivity contribution >= 4 is 27.3 Å². The summed E-state index contributed by atoms with van der Waals surface area (Å²) in [4.78, 5) is 10.1. The number of benzene rings is 1. The number of hydrogen-bond acceptors (Lipinski definition) is 4. The molecule has 0 bridgehead atoms. The van der Waals surface area contributed by atoms with E-state index in [4.69, 9.17) is 5.11 Å². The quantitative estimate of drug-likeness (QED) is 0.653. The van der Waals surface area contributed by atoms with Gasteiger partial charge in [-0.2, -0.15) is 0 Å². The van der Waals surface area contributed by atoms with Crippen LogP contribution in [0.4, 0.5) is 11.4 Å². The number of halogens is 1. The zero-order valence-electron chi connectivity index (χ0n) is 11.2. The molecule has 0 aliphatic heterocycles. The van der Waals surface area contributed by atoms with Gasteiger partial charge >= 0.3 is 0 Å². The van der Waals surface area contributed by atoms with E-state index in [0.717, 1.165) is 4.47 Å². The molecule has 1 aromatic carbocycles. The highest BCUT2D eigenvalue weighted by Gasteiger charge is 2.12. The number of nitrogens with one attached hydrogen (secondary N) is 1. The molecule has 5 nitrogen and oxygen atoms in total. The standard InChI is InChI=1S/C8H9BrN2O3.2C2H6/c9-6-1-2-8(11(13)14)7(5-6)10-3-4-12;2*1-2/h1-2,5,10,12H,3-4H2;2*1-2H3. The third-order valence-corrected chi connectivity index (χ3v) is 2.08. The van der Waals surface area contributed by atoms with Crippen LogP contribution in [-0.2, 0) is 0 Å². The van der Waals surface area contributed by atoms with E-state index in [-0.39, 0.29) is 18.8 Å². The summed E-state index contributed by atoms with van der Waals surface area (Å²) >= 11 is 3.21. The van der Waals surface area contributed by atoms with Crippen LogP contribution >= 0.6 is 15.9 Å². The van der Waals surface area contributed by atoms with E-state index in [1.54, 1.807) is 12.1 Å². The number of rotatable bonds is 4. The van der Waals surface area contributed by atoms with Crippen LogP contribution in [0.3, 0.4) is 0 Å². The average Bonchev–Trinajstić information content (AvgIpc) is 2.40. The molecule has 2 N–H and O–H groups in total. The molecule has 1 rings (SSSR count). The normalized spacial score (nSPS) is 8.33. The first-order valence-corrected chi connectivity index (χ1v) is 6.73. The van der Waals surface area contributed by atoms with Crippen molar-refractivity contribution < 1.29 is 10.0 Å². The van der Waals surface area contributed by atoms with Crippen molar-refractivity contribution in [3.05, 3.63) is 32.8 Å². The van der Waals surface area contributed by atoms with Gasteiger partial charge in [0, 0.05) is 17.1 Å². The van der Waals surface area contributed by atoms with Gasteiger partial charge in [0.05, 0.1) is 11.5 Å². The number of aliphatic hydroxyl groups excluding tert-OH is 1. The lowest BCUT2D eigenvalue weighted by Gasteiger charge is -2.05. The number of nitro benzene ring substituents is 1. The molecule has 0 aliphatic carbocycles. The van der Waals surface area contributed by atoms with Crippen LogP contribution in [0.1, 0.15) is 27.7 Å². The first kappa shape index (κ1) is 19.2. The van der Waals surface area contributed by atoms with Crippen LogP contribution in [0.25, 0.3) is 0 Å². The summed E-state index contributed by atoms with van der Waals surface area (Å²) in [6, 6.07) is 4.61. The highest BCUT2D eigenvalue weighted by molar-refractivity contribution is 9.10. The molecular weight excluding hydrogens is 300 g/mol. The van der Waals surface area contributed by atoms with E-state index < -0.39 is 4.92 Å². The molecule has 0 heterocycles. The minimum absolute atomic E-state index is 0.00153. The fourth-order valence-electron chi connectivity index (χ4n) is 1.000. The van der Waals surface area contributed by atoms with E-state index in [0.29, 0.717) is 5.69 Å². The van der Waals surface area contributed by atoms with Crippen LogP contribution in [0.5, 0.6) is 0 Å². The second kappa shape index (κ2) is 12.3. The van der Waals surface area contributed by atoms with Gasteiger partial charge < -0.3 is 10.4 Å². The first-order valence-electron chi connectivity index (χ1n) is 5.94. The molecule has 0 radical (unpaired) electrons. The Bertz CT molecular complexity index is 346. The molecule has 104 valence electrons. The van der Waals surface area contributed by atoms with Gasteiger partial charge in [-0.05, 0) is 12.1 Å². The summed E-state index contributed by atoms with van der Waals surface area (Å²) in [5.74, 6) is 0. The van der Waals surface area contributed by atoms with Gasteiger partial charge in [0.15, 0.2) is 0 Å². The molecule has 18 heavy (non-hydrogen) atoms. The van der Waals surface area contributed by atoms with Crippen LogP contribution in [0.15, 0.2) is 22.7 Å². The van der Waals surface area contributed by atoms with Crippen molar-refractivity contribution in [2.45, 2.75) is 27.7 Å². The van der Waals surface area contributed by atoms with Crippen molar-refractivity contribution in [1.29, 1.82) is 0 Å². The molecule has 0 aliphatic rings. The summed E-state index contributed by atoms with van der Waals surface area (Å²) in [6.45, 7) is 8.22. The minimum atomic E-state index is -0.466. The highest BCUT2D eigenvalue weighted by Crippen LogP contribution is 2.27. The lowest BCUT2D eigenvalue weighted by Crippen LogP contribution is -2.07. The topological polar surface area (TPSA) is 75.4 Å². The first-order chi connectivity index (χ1) is 8.65. The molecule has 0 amide bonds. The molecule has 0 spiro atoms. The molecule has 1 aromatic rings. The monoisotopic (exact) mass is 320 g/mol. The average molecular weight is 321 g/mol. The van der Waals surface area contributed by atoms with Gasteiger partial charge in [0.25, 0.3) is 5.69 Å². The largest absolute Gasteiger partial charge is 0.395 e. The zero-order chi connectivity index (χ0) is 14.6. The molecule has 0 atom stereocenters. The Labute approximate surface area is 116 Å². The van der Waals surface area contributed by atoms with E-state index >= 15 is 0 Å². The van der Waals surface area contributed by atoms with Gasteiger partial charge in [-0.3, -0.25) is 10.1 Å². The summed E-state index contributed by atoms with van der Waals surface area (Å²) in [7, 11) is 0. The summed E-state index contributed by atoms with van der Waals surface area (Å²) < 4.78 is 0.753. The van der Waals surface area contributed by atoms with Gasteiger partial charge in [-0.1, -0.05) is 43.6 Å². The summed E-state index contributed by atoms with van der Waals surface area (Å²) in [6.07, 6.45) is 0.